The van der Waals surface area contributed by atoms with Gasteiger partial charge in [-0.25, -0.2) is 4.39 Å². The molecule has 2 aliphatic rings. The summed E-state index contributed by atoms with van der Waals surface area (Å²) in [5, 5.41) is 8.86. The summed E-state index contributed by atoms with van der Waals surface area (Å²) in [6.07, 6.45) is 2.23. The molecule has 1 aliphatic carbocycles. The maximum absolute atomic E-state index is 13.8. The molecule has 2 aromatic rings. The molecule has 1 saturated carbocycles. The summed E-state index contributed by atoms with van der Waals surface area (Å²) in [6.45, 7) is 2.10. The molecule has 3 nitrogen and oxygen atoms in total. The van der Waals surface area contributed by atoms with Gasteiger partial charge in [0.1, 0.15) is 0 Å². The Bertz CT molecular complexity index is 795. The molecule has 0 N–H and O–H groups in total. The molecule has 4 rings (SSSR count). The quantitative estimate of drug-likeness (QED) is 0.854. The van der Waals surface area contributed by atoms with Crippen molar-refractivity contribution in [2.75, 3.05) is 25.1 Å². The Kier molecular flexibility index (Phi) is 3.45. The number of hydrogen-bond donors (Lipinski definition) is 0. The number of halogens is 1. The van der Waals surface area contributed by atoms with Gasteiger partial charge < -0.3 is 9.64 Å². The normalized spacial score (nSPS) is 18.6. The van der Waals surface area contributed by atoms with E-state index in [0.717, 1.165) is 31.5 Å². The van der Waals surface area contributed by atoms with Gasteiger partial charge in [-0.05, 0) is 60.7 Å². The average molecular weight is 322 g/mol. The molecule has 1 aliphatic heterocycles. The van der Waals surface area contributed by atoms with Gasteiger partial charge in [0.2, 0.25) is 0 Å². The topological polar surface area (TPSA) is 36.3 Å². The first-order valence-corrected chi connectivity index (χ1v) is 8.21. The van der Waals surface area contributed by atoms with Gasteiger partial charge in [-0.1, -0.05) is 6.07 Å². The summed E-state index contributed by atoms with van der Waals surface area (Å²) in [7, 11) is 1.49. The van der Waals surface area contributed by atoms with Gasteiger partial charge in [0.05, 0.1) is 18.7 Å². The van der Waals surface area contributed by atoms with Crippen molar-refractivity contribution in [1.82, 2.24) is 0 Å². The number of hydrogen-bond acceptors (Lipinski definition) is 3. The number of methoxy groups -OCH3 is 1. The Morgan fingerprint density at radius 1 is 1.17 bits per heavy atom. The number of benzene rings is 2. The Hall–Kier alpha value is -2.54. The highest BCUT2D eigenvalue weighted by Crippen LogP contribution is 2.56. The summed E-state index contributed by atoms with van der Waals surface area (Å²) < 4.78 is 18.8. The van der Waals surface area contributed by atoms with E-state index >= 15 is 0 Å². The van der Waals surface area contributed by atoms with Crippen molar-refractivity contribution in [3.05, 3.63) is 59.4 Å². The van der Waals surface area contributed by atoms with Gasteiger partial charge in [-0.2, -0.15) is 5.26 Å². The van der Waals surface area contributed by atoms with Crippen LogP contribution < -0.4 is 9.64 Å². The summed E-state index contributed by atoms with van der Waals surface area (Å²) in [5.41, 5.74) is 3.34. The van der Waals surface area contributed by atoms with Crippen molar-refractivity contribution in [1.29, 1.82) is 5.26 Å². The number of ether oxygens (including phenoxy) is 1. The van der Waals surface area contributed by atoms with Crippen LogP contribution in [0.1, 0.15) is 29.9 Å². The van der Waals surface area contributed by atoms with Crippen LogP contribution in [-0.4, -0.2) is 20.2 Å². The SMILES string of the molecule is COc1ccc(C2CC3(C2)CN(c2ccc(C#N)cc2)C3)cc1F. The predicted octanol–water partition coefficient (Wildman–Crippen LogP) is 4.09. The van der Waals surface area contributed by atoms with E-state index in [9.17, 15) is 4.39 Å². The number of nitrogens with zero attached hydrogens (tertiary/aromatic N) is 2. The van der Waals surface area contributed by atoms with Crippen LogP contribution in [0.4, 0.5) is 10.1 Å². The highest BCUT2D eigenvalue weighted by Gasteiger charge is 2.52. The van der Waals surface area contributed by atoms with Gasteiger partial charge in [-0.15, -0.1) is 0 Å². The maximum Gasteiger partial charge on any atom is 0.165 e. The molecule has 4 heteroatoms. The summed E-state index contributed by atoms with van der Waals surface area (Å²) in [6, 6.07) is 15.2. The van der Waals surface area contributed by atoms with Crippen molar-refractivity contribution in [2.45, 2.75) is 18.8 Å². The van der Waals surface area contributed by atoms with Crippen molar-refractivity contribution < 1.29 is 9.13 Å². The molecule has 1 heterocycles. The van der Waals surface area contributed by atoms with E-state index in [1.165, 1.54) is 12.8 Å². The van der Waals surface area contributed by atoms with Gasteiger partial charge in [0, 0.05) is 24.2 Å². The fraction of sp³-hybridized carbons (Fsp3) is 0.350. The first-order chi connectivity index (χ1) is 11.6. The Balaban J connectivity index is 1.37. The molecule has 122 valence electrons. The molecule has 0 atom stereocenters. The molecule has 1 spiro atoms. The van der Waals surface area contributed by atoms with Crippen LogP contribution in [0.5, 0.6) is 5.75 Å². The lowest BCUT2D eigenvalue weighted by molar-refractivity contribution is 0.0632. The fourth-order valence-corrected chi connectivity index (χ4v) is 4.11. The van der Waals surface area contributed by atoms with E-state index in [2.05, 4.69) is 11.0 Å². The molecule has 0 radical (unpaired) electrons. The minimum absolute atomic E-state index is 0.274. The van der Waals surface area contributed by atoms with Gasteiger partial charge in [0.25, 0.3) is 0 Å². The van der Waals surface area contributed by atoms with Crippen LogP contribution in [-0.2, 0) is 0 Å². The Labute approximate surface area is 141 Å². The van der Waals surface area contributed by atoms with Crippen molar-refractivity contribution in [3.8, 4) is 11.8 Å². The third-order valence-electron chi connectivity index (χ3n) is 5.42. The monoisotopic (exact) mass is 322 g/mol. The minimum atomic E-state index is -0.274. The van der Waals surface area contributed by atoms with Crippen LogP contribution in [0, 0.1) is 22.6 Å². The Morgan fingerprint density at radius 2 is 1.88 bits per heavy atom. The standard InChI is InChI=1S/C20H19FN2O/c1-24-19-7-4-15(8-18(19)21)16-9-20(10-16)12-23(13-20)17-5-2-14(11-22)3-6-17/h2-8,16H,9-10,12-13H2,1H3. The van der Waals surface area contributed by atoms with Crippen LogP contribution in [0.25, 0.3) is 0 Å². The Morgan fingerprint density at radius 3 is 2.46 bits per heavy atom. The molecule has 0 aromatic heterocycles. The van der Waals surface area contributed by atoms with Crippen LogP contribution in [0.2, 0.25) is 0 Å². The minimum Gasteiger partial charge on any atom is -0.494 e. The molecule has 2 aromatic carbocycles. The van der Waals surface area contributed by atoms with Crippen molar-refractivity contribution >= 4 is 5.69 Å². The van der Waals surface area contributed by atoms with E-state index in [4.69, 9.17) is 10.00 Å². The van der Waals surface area contributed by atoms with Crippen LogP contribution >= 0.6 is 0 Å². The fourth-order valence-electron chi connectivity index (χ4n) is 4.11. The second kappa shape index (κ2) is 5.52. The lowest BCUT2D eigenvalue weighted by Crippen LogP contribution is -2.61. The van der Waals surface area contributed by atoms with Crippen molar-refractivity contribution in [2.24, 2.45) is 5.41 Å². The molecule has 1 saturated heterocycles. The van der Waals surface area contributed by atoms with Crippen LogP contribution in [0.3, 0.4) is 0 Å². The zero-order valence-corrected chi connectivity index (χ0v) is 13.6. The largest absolute Gasteiger partial charge is 0.494 e. The van der Waals surface area contributed by atoms with E-state index in [1.54, 1.807) is 12.1 Å². The number of nitriles is 1. The van der Waals surface area contributed by atoms with E-state index in [-0.39, 0.29) is 5.82 Å². The molecule has 0 amide bonds. The second-order valence-corrected chi connectivity index (χ2v) is 7.01. The molecule has 0 bridgehead atoms. The average Bonchev–Trinajstić information content (AvgIpc) is 2.53. The lowest BCUT2D eigenvalue weighted by atomic mass is 9.56. The molecular formula is C20H19FN2O. The smallest absolute Gasteiger partial charge is 0.165 e. The summed E-state index contributed by atoms with van der Waals surface area (Å²) >= 11 is 0. The lowest BCUT2D eigenvalue weighted by Gasteiger charge is -2.60. The zero-order chi connectivity index (χ0) is 16.7. The maximum atomic E-state index is 13.8. The molecule has 24 heavy (non-hydrogen) atoms. The first-order valence-electron chi connectivity index (χ1n) is 8.21. The third kappa shape index (κ3) is 2.41. The van der Waals surface area contributed by atoms with E-state index in [1.807, 2.05) is 30.3 Å². The van der Waals surface area contributed by atoms with Gasteiger partial charge in [0.15, 0.2) is 11.6 Å². The number of anilines is 1. The highest BCUT2D eigenvalue weighted by atomic mass is 19.1. The first kappa shape index (κ1) is 15.0. The van der Waals surface area contributed by atoms with Gasteiger partial charge >= 0.3 is 0 Å². The summed E-state index contributed by atoms with van der Waals surface area (Å²) in [4.78, 5) is 2.35. The molecule has 0 unspecified atom stereocenters. The molecule has 2 fully saturated rings. The zero-order valence-electron chi connectivity index (χ0n) is 13.6. The molecular weight excluding hydrogens is 303 g/mol. The summed E-state index contributed by atoms with van der Waals surface area (Å²) in [5.74, 6) is 0.487. The van der Waals surface area contributed by atoms with Crippen molar-refractivity contribution in [3.63, 3.8) is 0 Å². The van der Waals surface area contributed by atoms with Gasteiger partial charge in [-0.3, -0.25) is 0 Å². The predicted molar refractivity (Wildman–Crippen MR) is 90.7 cm³/mol. The van der Waals surface area contributed by atoms with Crippen LogP contribution in [0.15, 0.2) is 42.5 Å². The number of rotatable bonds is 3. The highest BCUT2D eigenvalue weighted by molar-refractivity contribution is 5.53. The third-order valence-corrected chi connectivity index (χ3v) is 5.42. The second-order valence-electron chi connectivity index (χ2n) is 7.01. The van der Waals surface area contributed by atoms with E-state index < -0.39 is 0 Å². The van der Waals surface area contributed by atoms with E-state index in [0.29, 0.717) is 22.6 Å².